The minimum Gasteiger partial charge on any atom is -0.481 e. The number of nitrogens with one attached hydrogen (secondary N) is 1. The van der Waals surface area contributed by atoms with Crippen LogP contribution in [-0.4, -0.2) is 17.0 Å². The average Bonchev–Trinajstić information content (AvgIpc) is 3.08. The molecule has 0 spiro atoms. The fourth-order valence-electron chi connectivity index (χ4n) is 3.53. The quantitative estimate of drug-likeness (QED) is 0.806. The fourth-order valence-corrected chi connectivity index (χ4v) is 3.69. The van der Waals surface area contributed by atoms with E-state index in [1.807, 2.05) is 0 Å². The van der Waals surface area contributed by atoms with E-state index in [9.17, 15) is 27.9 Å². The molecule has 2 aliphatic carbocycles. The number of allylic oxidation sites excluding steroid dienone is 2. The molecule has 8 heteroatoms. The third kappa shape index (κ3) is 2.88. The van der Waals surface area contributed by atoms with Crippen LogP contribution in [0.1, 0.15) is 12.0 Å². The van der Waals surface area contributed by atoms with Gasteiger partial charge in [-0.1, -0.05) is 23.8 Å². The van der Waals surface area contributed by atoms with Crippen LogP contribution in [0.15, 0.2) is 30.4 Å². The van der Waals surface area contributed by atoms with Gasteiger partial charge in [0.05, 0.1) is 28.1 Å². The predicted molar refractivity (Wildman–Crippen MR) is 80.4 cm³/mol. The molecule has 0 radical (unpaired) electrons. The third-order valence-electron chi connectivity index (χ3n) is 4.60. The van der Waals surface area contributed by atoms with Crippen molar-refractivity contribution < 1.29 is 27.9 Å². The van der Waals surface area contributed by atoms with Gasteiger partial charge in [-0.05, 0) is 36.5 Å². The van der Waals surface area contributed by atoms with Gasteiger partial charge in [0.2, 0.25) is 5.91 Å². The van der Waals surface area contributed by atoms with E-state index in [0.717, 1.165) is 18.2 Å². The van der Waals surface area contributed by atoms with Gasteiger partial charge in [-0.2, -0.15) is 13.2 Å². The maximum Gasteiger partial charge on any atom is 0.416 e. The van der Waals surface area contributed by atoms with E-state index in [2.05, 4.69) is 5.32 Å². The average molecular weight is 360 g/mol. The molecule has 0 aliphatic heterocycles. The molecule has 0 saturated heterocycles. The van der Waals surface area contributed by atoms with Crippen LogP contribution in [0.4, 0.5) is 18.9 Å². The van der Waals surface area contributed by atoms with Crippen molar-refractivity contribution in [3.05, 3.63) is 40.9 Å². The summed E-state index contributed by atoms with van der Waals surface area (Å²) in [5.74, 6) is -3.84. The number of rotatable bonds is 3. The molecule has 0 aromatic heterocycles. The maximum absolute atomic E-state index is 12.8. The number of carboxylic acid groups (broad SMARTS) is 1. The monoisotopic (exact) mass is 359 g/mol. The van der Waals surface area contributed by atoms with Crippen molar-refractivity contribution in [3.63, 3.8) is 0 Å². The van der Waals surface area contributed by atoms with Gasteiger partial charge < -0.3 is 10.4 Å². The Hall–Kier alpha value is -2.02. The number of aliphatic carboxylic acids is 1. The van der Waals surface area contributed by atoms with Gasteiger partial charge in [0.1, 0.15) is 0 Å². The Kier molecular flexibility index (Phi) is 4.07. The molecule has 2 aliphatic rings. The molecule has 2 bridgehead atoms. The SMILES string of the molecule is O=C(Nc1cc(C(F)(F)F)ccc1Cl)[C@@H]1C2C=CC(C2)[C@@H]1C(=O)O. The van der Waals surface area contributed by atoms with E-state index in [1.54, 1.807) is 12.2 Å². The molecular weight excluding hydrogens is 347 g/mol. The molecule has 2 unspecified atom stereocenters. The molecule has 1 aromatic rings. The van der Waals surface area contributed by atoms with E-state index in [-0.39, 0.29) is 22.5 Å². The Morgan fingerprint density at radius 2 is 1.79 bits per heavy atom. The first kappa shape index (κ1) is 16.8. The van der Waals surface area contributed by atoms with Gasteiger partial charge in [-0.15, -0.1) is 0 Å². The van der Waals surface area contributed by atoms with Gasteiger partial charge in [-0.25, -0.2) is 0 Å². The lowest BCUT2D eigenvalue weighted by Gasteiger charge is -2.24. The Bertz CT molecular complexity index is 732. The molecule has 3 rings (SSSR count). The topological polar surface area (TPSA) is 66.4 Å². The second-order valence-electron chi connectivity index (χ2n) is 6.02. The summed E-state index contributed by atoms with van der Waals surface area (Å²) in [5.41, 5.74) is -1.11. The van der Waals surface area contributed by atoms with Gasteiger partial charge in [-0.3, -0.25) is 9.59 Å². The fraction of sp³-hybridized carbons (Fsp3) is 0.375. The van der Waals surface area contributed by atoms with E-state index >= 15 is 0 Å². The summed E-state index contributed by atoms with van der Waals surface area (Å²) in [6, 6.07) is 2.62. The Morgan fingerprint density at radius 1 is 1.17 bits per heavy atom. The van der Waals surface area contributed by atoms with Crippen LogP contribution in [0.5, 0.6) is 0 Å². The number of alkyl halides is 3. The lowest BCUT2D eigenvalue weighted by Crippen LogP contribution is -2.36. The van der Waals surface area contributed by atoms with Crippen molar-refractivity contribution in [2.75, 3.05) is 5.32 Å². The largest absolute Gasteiger partial charge is 0.481 e. The van der Waals surface area contributed by atoms with Crippen LogP contribution in [0.3, 0.4) is 0 Å². The summed E-state index contributed by atoms with van der Waals surface area (Å²) in [4.78, 5) is 23.9. The van der Waals surface area contributed by atoms with E-state index < -0.39 is 35.5 Å². The number of hydrogen-bond acceptors (Lipinski definition) is 2. The molecule has 1 fully saturated rings. The highest BCUT2D eigenvalue weighted by atomic mass is 35.5. The van der Waals surface area contributed by atoms with Crippen molar-refractivity contribution in [1.82, 2.24) is 0 Å². The number of carboxylic acids is 1. The standard InChI is InChI=1S/C16H13ClF3NO3/c17-10-4-3-9(16(18,19)20)6-11(10)21-14(22)12-7-1-2-8(5-7)13(12)15(23)24/h1-4,6-8,12-13H,5H2,(H,21,22)(H,23,24)/t7?,8?,12-,13+/m1/s1. The van der Waals surface area contributed by atoms with E-state index in [4.69, 9.17) is 11.6 Å². The maximum atomic E-state index is 12.8. The summed E-state index contributed by atoms with van der Waals surface area (Å²) in [5, 5.41) is 11.7. The summed E-state index contributed by atoms with van der Waals surface area (Å²) in [7, 11) is 0. The van der Waals surface area contributed by atoms with Gasteiger partial charge in [0.25, 0.3) is 0 Å². The Morgan fingerprint density at radius 3 is 2.38 bits per heavy atom. The molecule has 24 heavy (non-hydrogen) atoms. The molecule has 4 nitrogen and oxygen atoms in total. The Labute approximate surface area is 140 Å². The van der Waals surface area contributed by atoms with Crippen LogP contribution in [0, 0.1) is 23.7 Å². The van der Waals surface area contributed by atoms with Crippen LogP contribution >= 0.6 is 11.6 Å². The number of anilines is 1. The van der Waals surface area contributed by atoms with Crippen LogP contribution in [0.25, 0.3) is 0 Å². The zero-order valence-electron chi connectivity index (χ0n) is 12.2. The highest BCUT2D eigenvalue weighted by Gasteiger charge is 2.51. The van der Waals surface area contributed by atoms with E-state index in [1.165, 1.54) is 0 Å². The first-order chi connectivity index (χ1) is 11.2. The Balaban J connectivity index is 1.85. The molecular formula is C16H13ClF3NO3. The van der Waals surface area contributed by atoms with Crippen molar-refractivity contribution in [2.45, 2.75) is 12.6 Å². The molecule has 1 amide bonds. The normalized spacial score (nSPS) is 28.2. The molecule has 2 N–H and O–H groups in total. The number of carbonyl (C=O) groups excluding carboxylic acids is 1. The number of benzene rings is 1. The van der Waals surface area contributed by atoms with Crippen molar-refractivity contribution in [3.8, 4) is 0 Å². The second kappa shape index (κ2) is 5.81. The molecule has 4 atom stereocenters. The first-order valence-corrected chi connectivity index (χ1v) is 7.65. The summed E-state index contributed by atoms with van der Waals surface area (Å²) < 4.78 is 38.4. The van der Waals surface area contributed by atoms with Crippen molar-refractivity contribution in [2.24, 2.45) is 23.7 Å². The number of carbonyl (C=O) groups is 2. The molecule has 1 saturated carbocycles. The highest BCUT2D eigenvalue weighted by molar-refractivity contribution is 6.33. The predicted octanol–water partition coefficient (Wildman–Crippen LogP) is 3.82. The van der Waals surface area contributed by atoms with Gasteiger partial charge in [0, 0.05) is 0 Å². The zero-order valence-corrected chi connectivity index (χ0v) is 12.9. The number of halogens is 4. The van der Waals surface area contributed by atoms with Crippen LogP contribution in [0.2, 0.25) is 5.02 Å². The lowest BCUT2D eigenvalue weighted by molar-refractivity contribution is -0.146. The smallest absolute Gasteiger partial charge is 0.416 e. The van der Waals surface area contributed by atoms with Gasteiger partial charge in [0.15, 0.2) is 0 Å². The molecule has 128 valence electrons. The third-order valence-corrected chi connectivity index (χ3v) is 4.93. The van der Waals surface area contributed by atoms with Crippen LogP contribution < -0.4 is 5.32 Å². The second-order valence-corrected chi connectivity index (χ2v) is 6.43. The number of hydrogen-bond donors (Lipinski definition) is 2. The van der Waals surface area contributed by atoms with Crippen molar-refractivity contribution in [1.29, 1.82) is 0 Å². The minimum atomic E-state index is -4.57. The van der Waals surface area contributed by atoms with Crippen LogP contribution in [-0.2, 0) is 15.8 Å². The number of fused-ring (bicyclic) bond motifs is 2. The van der Waals surface area contributed by atoms with Gasteiger partial charge >= 0.3 is 12.1 Å². The van der Waals surface area contributed by atoms with Crippen molar-refractivity contribution >= 4 is 29.2 Å². The number of amides is 1. The molecule has 0 heterocycles. The minimum absolute atomic E-state index is 0.0399. The first-order valence-electron chi connectivity index (χ1n) is 7.27. The lowest BCUT2D eigenvalue weighted by atomic mass is 9.82. The van der Waals surface area contributed by atoms with E-state index in [0.29, 0.717) is 6.42 Å². The highest BCUT2D eigenvalue weighted by Crippen LogP contribution is 2.48. The summed E-state index contributed by atoms with van der Waals surface area (Å²) in [6.07, 6.45) is -0.430. The zero-order chi connectivity index (χ0) is 17.6. The summed E-state index contributed by atoms with van der Waals surface area (Å²) >= 11 is 5.86. The summed E-state index contributed by atoms with van der Waals surface area (Å²) in [6.45, 7) is 0. The molecule has 1 aromatic carbocycles.